The minimum Gasteiger partial charge on any atom is -0.507 e. The Bertz CT molecular complexity index is 1280. The van der Waals surface area contributed by atoms with E-state index in [1.165, 1.54) is 0 Å². The minimum absolute atomic E-state index is 0.0667. The van der Waals surface area contributed by atoms with Gasteiger partial charge in [0.2, 0.25) is 0 Å². The van der Waals surface area contributed by atoms with Gasteiger partial charge in [0.15, 0.2) is 5.75 Å². The number of rotatable bonds is 4. The number of phenolic OH excluding ortho intramolecular Hbond substituents is 1. The van der Waals surface area contributed by atoms with Crippen molar-refractivity contribution in [3.63, 3.8) is 0 Å². The average molecular weight is 633 g/mol. The van der Waals surface area contributed by atoms with Gasteiger partial charge in [-0.3, -0.25) is 4.99 Å². The molecule has 3 aromatic carbocycles. The van der Waals surface area contributed by atoms with Crippen molar-refractivity contribution in [1.82, 2.24) is 0 Å². The van der Waals surface area contributed by atoms with Crippen molar-refractivity contribution in [3.8, 4) is 17.2 Å². The average Bonchev–Trinajstić information content (AvgIpc) is 2.77. The smallest absolute Gasteiger partial charge is 0.153 e. The molecule has 3 nitrogen and oxygen atoms in total. The van der Waals surface area contributed by atoms with E-state index < -0.39 is 0 Å². The SMILES string of the molecule is [B]c1c(P)c(P)c(P)c(Oc2ccccc2N=Cc2cc(C(C)(C)C)cc(C(C)(C)C)c2O)c1I. The highest BCUT2D eigenvalue weighted by Gasteiger charge is 2.24. The lowest BCUT2D eigenvalue weighted by molar-refractivity contribution is 0.444. The zero-order valence-electron chi connectivity index (χ0n) is 21.0. The lowest BCUT2D eigenvalue weighted by Gasteiger charge is -2.27. The lowest BCUT2D eigenvalue weighted by atomic mass is 9.79. The molecule has 0 bridgehead atoms. The highest BCUT2D eigenvalue weighted by atomic mass is 127. The van der Waals surface area contributed by atoms with Crippen LogP contribution in [0.1, 0.15) is 58.2 Å². The molecule has 35 heavy (non-hydrogen) atoms. The molecule has 0 aliphatic rings. The maximum absolute atomic E-state index is 11.1. The summed E-state index contributed by atoms with van der Waals surface area (Å²) in [4.78, 5) is 4.74. The number of para-hydroxylation sites is 2. The van der Waals surface area contributed by atoms with Gasteiger partial charge < -0.3 is 9.84 Å². The number of hydrogen-bond donors (Lipinski definition) is 1. The summed E-state index contributed by atoms with van der Waals surface area (Å²) < 4.78 is 7.20. The summed E-state index contributed by atoms with van der Waals surface area (Å²) in [6.07, 6.45) is 1.72. The second-order valence-electron chi connectivity index (χ2n) is 10.6. The van der Waals surface area contributed by atoms with E-state index in [1.807, 2.05) is 30.3 Å². The van der Waals surface area contributed by atoms with E-state index in [2.05, 4.69) is 97.9 Å². The van der Waals surface area contributed by atoms with Crippen LogP contribution in [0.25, 0.3) is 0 Å². The third-order valence-electron chi connectivity index (χ3n) is 5.78. The third kappa shape index (κ3) is 6.30. The van der Waals surface area contributed by atoms with Crippen LogP contribution in [0.4, 0.5) is 5.69 Å². The zero-order chi connectivity index (χ0) is 26.3. The number of aliphatic imine (C=N–C) groups is 1. The molecule has 3 atom stereocenters. The standard InChI is InChI=1S/C27H32BINO2P3/c1-26(2,3)15-11-14(21(31)16(12-15)27(4,5)6)13-30-17-9-7-8-10-18(17)32-22-20(29)19(28)23(33)25(35)24(22)34/h7-13,31H,33-35H2,1-6H3. The molecule has 3 unspecified atom stereocenters. The van der Waals surface area contributed by atoms with Crippen molar-refractivity contribution in [3.05, 3.63) is 56.7 Å². The van der Waals surface area contributed by atoms with Crippen LogP contribution in [0, 0.1) is 3.57 Å². The molecule has 0 spiro atoms. The van der Waals surface area contributed by atoms with Crippen LogP contribution >= 0.6 is 50.3 Å². The quantitative estimate of drug-likeness (QED) is 0.180. The number of halogens is 1. The first-order valence-corrected chi connectivity index (χ1v) is 14.0. The van der Waals surface area contributed by atoms with Gasteiger partial charge in [-0.15, -0.1) is 27.7 Å². The molecular weight excluding hydrogens is 601 g/mol. The molecule has 0 saturated heterocycles. The highest BCUT2D eigenvalue weighted by Crippen LogP contribution is 2.38. The van der Waals surface area contributed by atoms with Gasteiger partial charge in [0.05, 0.1) is 0 Å². The molecule has 0 saturated carbocycles. The second-order valence-corrected chi connectivity index (χ2v) is 13.4. The van der Waals surface area contributed by atoms with Crippen molar-refractivity contribution in [2.75, 3.05) is 0 Å². The molecule has 0 fully saturated rings. The highest BCUT2D eigenvalue weighted by molar-refractivity contribution is 14.1. The molecule has 8 heteroatoms. The molecule has 3 aromatic rings. The first-order valence-electron chi connectivity index (χ1n) is 11.2. The third-order valence-corrected chi connectivity index (χ3v) is 9.34. The predicted molar refractivity (Wildman–Crippen MR) is 172 cm³/mol. The fraction of sp³-hybridized carbons (Fsp3) is 0.296. The van der Waals surface area contributed by atoms with Crippen molar-refractivity contribution in [2.24, 2.45) is 4.99 Å². The number of nitrogens with zero attached hydrogens (tertiary/aromatic N) is 1. The van der Waals surface area contributed by atoms with Crippen molar-refractivity contribution in [2.45, 2.75) is 52.4 Å². The van der Waals surface area contributed by atoms with E-state index in [-0.39, 0.29) is 16.6 Å². The Morgan fingerprint density at radius 3 is 2.17 bits per heavy atom. The van der Waals surface area contributed by atoms with Gasteiger partial charge in [-0.25, -0.2) is 0 Å². The Morgan fingerprint density at radius 1 is 0.943 bits per heavy atom. The van der Waals surface area contributed by atoms with Gasteiger partial charge in [0, 0.05) is 26.2 Å². The maximum Gasteiger partial charge on any atom is 0.153 e. The molecule has 0 aliphatic carbocycles. The summed E-state index contributed by atoms with van der Waals surface area (Å²) in [5.41, 5.74) is 3.78. The van der Waals surface area contributed by atoms with Crippen LogP contribution in [0.2, 0.25) is 0 Å². The molecule has 0 amide bonds. The van der Waals surface area contributed by atoms with Crippen LogP contribution in [0.3, 0.4) is 0 Å². The molecule has 182 valence electrons. The topological polar surface area (TPSA) is 41.8 Å². The number of benzene rings is 3. The monoisotopic (exact) mass is 633 g/mol. The Labute approximate surface area is 231 Å². The van der Waals surface area contributed by atoms with Crippen LogP contribution < -0.4 is 26.1 Å². The zero-order valence-corrected chi connectivity index (χ0v) is 26.7. The minimum atomic E-state index is -0.208. The molecule has 0 aromatic heterocycles. The summed E-state index contributed by atoms with van der Waals surface area (Å²) in [6, 6.07) is 11.7. The molecule has 0 aliphatic heterocycles. The van der Waals surface area contributed by atoms with E-state index in [1.54, 1.807) is 6.21 Å². The van der Waals surface area contributed by atoms with Crippen LogP contribution in [0.5, 0.6) is 17.2 Å². The Balaban J connectivity index is 2.09. The summed E-state index contributed by atoms with van der Waals surface area (Å²) in [5, 5.41) is 13.9. The van der Waals surface area contributed by atoms with Crippen LogP contribution in [-0.2, 0) is 10.8 Å². The fourth-order valence-corrected chi connectivity index (χ4v) is 5.92. The van der Waals surface area contributed by atoms with E-state index in [9.17, 15) is 5.11 Å². The van der Waals surface area contributed by atoms with Gasteiger partial charge in [-0.2, -0.15) is 0 Å². The van der Waals surface area contributed by atoms with Gasteiger partial charge in [0.25, 0.3) is 0 Å². The van der Waals surface area contributed by atoms with Gasteiger partial charge in [-0.05, 0) is 67.8 Å². The fourth-order valence-electron chi connectivity index (χ4n) is 3.53. The molecule has 3 rings (SSSR count). The van der Waals surface area contributed by atoms with Crippen LogP contribution in [-0.4, -0.2) is 19.2 Å². The summed E-state index contributed by atoms with van der Waals surface area (Å²) >= 11 is 2.21. The van der Waals surface area contributed by atoms with Crippen LogP contribution in [0.15, 0.2) is 41.4 Å². The largest absolute Gasteiger partial charge is 0.507 e. The molecular formula is C27H32BINO2P3. The predicted octanol–water partition coefficient (Wildman–Crippen LogP) is 5.43. The molecule has 0 heterocycles. The van der Waals surface area contributed by atoms with Gasteiger partial charge in [-0.1, -0.05) is 65.2 Å². The molecule has 1 N–H and O–H groups in total. The van der Waals surface area contributed by atoms with Crippen molar-refractivity contribution >= 4 is 91.4 Å². The second kappa shape index (κ2) is 10.8. The Hall–Kier alpha value is -0.985. The van der Waals surface area contributed by atoms with E-state index >= 15 is 0 Å². The van der Waals surface area contributed by atoms with Gasteiger partial charge in [0.1, 0.15) is 25.0 Å². The lowest BCUT2D eigenvalue weighted by Crippen LogP contribution is -2.38. The number of ether oxygens (including phenoxy) is 1. The van der Waals surface area contributed by atoms with Gasteiger partial charge >= 0.3 is 0 Å². The maximum atomic E-state index is 11.1. The number of phenols is 1. The first-order chi connectivity index (χ1) is 16.1. The van der Waals surface area contributed by atoms with E-state index in [0.29, 0.717) is 28.2 Å². The normalized spacial score (nSPS) is 12.4. The van der Waals surface area contributed by atoms with E-state index in [4.69, 9.17) is 17.6 Å². The Morgan fingerprint density at radius 2 is 1.57 bits per heavy atom. The first kappa shape index (κ1) is 28.6. The van der Waals surface area contributed by atoms with E-state index in [0.717, 1.165) is 30.6 Å². The number of aromatic hydroxyl groups is 1. The van der Waals surface area contributed by atoms with Crippen molar-refractivity contribution in [1.29, 1.82) is 0 Å². The molecule has 2 radical (unpaired) electrons. The number of hydrogen-bond acceptors (Lipinski definition) is 3. The summed E-state index contributed by atoms with van der Waals surface area (Å²) in [7, 11) is 14.5. The summed E-state index contributed by atoms with van der Waals surface area (Å²) in [6.45, 7) is 12.8. The summed E-state index contributed by atoms with van der Waals surface area (Å²) in [5.74, 6) is 1.54. The van der Waals surface area contributed by atoms with Crippen molar-refractivity contribution < 1.29 is 9.84 Å². The Kier molecular flexibility index (Phi) is 8.81.